The lowest BCUT2D eigenvalue weighted by atomic mass is 10.0. The summed E-state index contributed by atoms with van der Waals surface area (Å²) in [5.74, 6) is 3.48. The van der Waals surface area contributed by atoms with Crippen molar-refractivity contribution in [3.05, 3.63) is 41.7 Å². The molecule has 0 saturated carbocycles. The van der Waals surface area contributed by atoms with Crippen LogP contribution in [0.4, 0.5) is 0 Å². The molecule has 2 heteroatoms. The van der Waals surface area contributed by atoms with Crippen LogP contribution in [-0.4, -0.2) is 41.5 Å². The van der Waals surface area contributed by atoms with Crippen LogP contribution in [0.2, 0.25) is 0 Å². The van der Waals surface area contributed by atoms with E-state index in [9.17, 15) is 0 Å². The number of nitrogens with zero attached hydrogens (tertiary/aromatic N) is 2. The topological polar surface area (TPSA) is 6.25 Å². The average Bonchev–Trinajstić information content (AvgIpc) is 2.97. The zero-order valence-corrected chi connectivity index (χ0v) is 26.5. The molecule has 3 rings (SSSR count). The first kappa shape index (κ1) is 33.0. The molecule has 0 amide bonds. The number of rotatable bonds is 0. The van der Waals surface area contributed by atoms with E-state index >= 15 is 0 Å². The molecule has 4 bridgehead atoms. The van der Waals surface area contributed by atoms with E-state index < -0.39 is 0 Å². The van der Waals surface area contributed by atoms with Gasteiger partial charge in [-0.2, -0.15) is 4.58 Å². The lowest BCUT2D eigenvalue weighted by Crippen LogP contribution is -2.21. The van der Waals surface area contributed by atoms with Gasteiger partial charge in [0.1, 0.15) is 0 Å². The third kappa shape index (κ3) is 16.7. The van der Waals surface area contributed by atoms with Crippen molar-refractivity contribution < 1.29 is 4.58 Å². The van der Waals surface area contributed by atoms with Gasteiger partial charge in [-0.25, -0.2) is 0 Å². The second-order valence-corrected chi connectivity index (χ2v) is 13.1. The predicted octanol–water partition coefficient (Wildman–Crippen LogP) is 11.1. The van der Waals surface area contributed by atoms with Crippen LogP contribution in [0.15, 0.2) is 41.7 Å². The SMILES string of the molecule is C1=CC=C2CCCCCCCCCCCCCCN3C=C(C=CC3)CCCCCCCCCCCCCC[N+]=1C2. The summed E-state index contributed by atoms with van der Waals surface area (Å²) in [6, 6.07) is 0. The maximum atomic E-state index is 3.48. The second-order valence-electron chi connectivity index (χ2n) is 13.1. The maximum Gasteiger partial charge on any atom is 0.174 e. The Morgan fingerprint density at radius 1 is 0.550 bits per heavy atom. The number of allylic oxidation sites excluding steroid dienone is 4. The van der Waals surface area contributed by atoms with Crippen molar-refractivity contribution in [3.63, 3.8) is 0 Å². The molecular formula is C38H65N2+. The first-order chi connectivity index (χ1) is 19.9. The van der Waals surface area contributed by atoms with Gasteiger partial charge in [0, 0.05) is 31.8 Å². The van der Waals surface area contributed by atoms with Gasteiger partial charge in [-0.05, 0) is 55.7 Å². The van der Waals surface area contributed by atoms with Crippen LogP contribution in [0.1, 0.15) is 167 Å². The van der Waals surface area contributed by atoms with Gasteiger partial charge in [-0.1, -0.05) is 134 Å². The summed E-state index contributed by atoms with van der Waals surface area (Å²) in [5, 5.41) is 0. The number of hydrogen-bond acceptors (Lipinski definition) is 1. The van der Waals surface area contributed by atoms with Gasteiger partial charge in [-0.3, -0.25) is 0 Å². The fourth-order valence-corrected chi connectivity index (χ4v) is 6.72. The Morgan fingerprint density at radius 3 is 1.65 bits per heavy atom. The zero-order chi connectivity index (χ0) is 27.8. The standard InChI is InChI=1S/C38H65N2/c1-3-7-11-15-19-23-31-39-33-26-30-38(36-39)28-22-18-14-10-6-2-4-8-12-16-20-24-32-40-34-25-29-37(35-40)27-21-17-13-9-5-1/h25-26,29-30,36H,1-24,27-28,31-33,35H2/q+1. The van der Waals surface area contributed by atoms with E-state index in [2.05, 4.69) is 45.8 Å². The molecule has 3 aliphatic rings. The Hall–Kier alpha value is -1.53. The molecular weight excluding hydrogens is 484 g/mol. The summed E-state index contributed by atoms with van der Waals surface area (Å²) in [6.45, 7) is 4.69. The molecule has 0 radical (unpaired) electrons. The Bertz CT molecular complexity index is 794. The molecule has 2 nitrogen and oxygen atoms in total. The third-order valence-corrected chi connectivity index (χ3v) is 9.33. The molecule has 0 fully saturated rings. The van der Waals surface area contributed by atoms with Crippen molar-refractivity contribution in [3.8, 4) is 0 Å². The van der Waals surface area contributed by atoms with Crippen molar-refractivity contribution >= 4 is 5.87 Å². The van der Waals surface area contributed by atoms with Gasteiger partial charge >= 0.3 is 0 Å². The second kappa shape index (κ2) is 23.1. The predicted molar refractivity (Wildman–Crippen MR) is 176 cm³/mol. The van der Waals surface area contributed by atoms with E-state index in [0.717, 1.165) is 13.1 Å². The van der Waals surface area contributed by atoms with Crippen LogP contribution in [0.3, 0.4) is 0 Å². The highest BCUT2D eigenvalue weighted by atomic mass is 15.1. The fraction of sp³-hybridized carbons (Fsp3) is 0.789. The first-order valence-electron chi connectivity index (χ1n) is 18.0. The molecule has 0 aromatic rings. The first-order valence-corrected chi connectivity index (χ1v) is 18.0. The molecule has 0 saturated heterocycles. The highest BCUT2D eigenvalue weighted by Crippen LogP contribution is 2.19. The van der Waals surface area contributed by atoms with Crippen LogP contribution in [-0.2, 0) is 0 Å². The molecule has 0 atom stereocenters. The van der Waals surface area contributed by atoms with Crippen LogP contribution in [0.25, 0.3) is 0 Å². The molecule has 40 heavy (non-hydrogen) atoms. The molecule has 0 spiro atoms. The highest BCUT2D eigenvalue weighted by molar-refractivity contribution is 5.51. The summed E-state index contributed by atoms with van der Waals surface area (Å²) in [7, 11) is 0. The molecule has 226 valence electrons. The van der Waals surface area contributed by atoms with E-state index in [1.165, 1.54) is 180 Å². The average molecular weight is 550 g/mol. The normalized spacial score (nSPS) is 23.8. The van der Waals surface area contributed by atoms with E-state index in [1.807, 2.05) is 0 Å². The quantitative estimate of drug-likeness (QED) is 0.272. The van der Waals surface area contributed by atoms with E-state index in [-0.39, 0.29) is 0 Å². The van der Waals surface area contributed by atoms with Gasteiger partial charge in [0.05, 0.1) is 0 Å². The molecule has 0 aliphatic carbocycles. The minimum Gasteiger partial charge on any atom is -0.373 e. The van der Waals surface area contributed by atoms with Gasteiger partial charge in [-0.15, -0.1) is 0 Å². The fourth-order valence-electron chi connectivity index (χ4n) is 6.72. The highest BCUT2D eigenvalue weighted by Gasteiger charge is 2.11. The Balaban J connectivity index is 1.29. The summed E-state index contributed by atoms with van der Waals surface area (Å²) in [6.07, 6.45) is 48.5. The molecule has 0 aromatic heterocycles. The monoisotopic (exact) mass is 550 g/mol. The third-order valence-electron chi connectivity index (χ3n) is 9.33. The Labute approximate surface area is 249 Å². The molecule has 3 aliphatic heterocycles. The van der Waals surface area contributed by atoms with Gasteiger partial charge < -0.3 is 4.90 Å². The van der Waals surface area contributed by atoms with Crippen LogP contribution >= 0.6 is 0 Å². The largest absolute Gasteiger partial charge is 0.373 e. The Morgan fingerprint density at radius 2 is 1.05 bits per heavy atom. The van der Waals surface area contributed by atoms with Gasteiger partial charge in [0.25, 0.3) is 0 Å². The number of hydrogen-bond donors (Lipinski definition) is 0. The van der Waals surface area contributed by atoms with Crippen molar-refractivity contribution in [2.75, 3.05) is 26.2 Å². The summed E-state index contributed by atoms with van der Waals surface area (Å²) in [5.41, 5.74) is 3.19. The minimum atomic E-state index is 1.12. The van der Waals surface area contributed by atoms with Gasteiger partial charge in [0.2, 0.25) is 0 Å². The summed E-state index contributed by atoms with van der Waals surface area (Å²) < 4.78 is 2.44. The van der Waals surface area contributed by atoms with E-state index in [4.69, 9.17) is 0 Å². The molecule has 0 aromatic carbocycles. The van der Waals surface area contributed by atoms with Crippen molar-refractivity contribution in [2.45, 2.75) is 167 Å². The van der Waals surface area contributed by atoms with Crippen molar-refractivity contribution in [1.82, 2.24) is 4.90 Å². The lowest BCUT2D eigenvalue weighted by molar-refractivity contribution is -0.514. The van der Waals surface area contributed by atoms with Gasteiger partial charge in [0.15, 0.2) is 19.0 Å². The minimum absolute atomic E-state index is 1.12. The molecule has 0 N–H and O–H groups in total. The summed E-state index contributed by atoms with van der Waals surface area (Å²) >= 11 is 0. The molecule has 3 heterocycles. The smallest absolute Gasteiger partial charge is 0.174 e. The van der Waals surface area contributed by atoms with Crippen molar-refractivity contribution in [2.24, 2.45) is 0 Å². The van der Waals surface area contributed by atoms with E-state index in [0.29, 0.717) is 0 Å². The van der Waals surface area contributed by atoms with Crippen molar-refractivity contribution in [1.29, 1.82) is 0 Å². The summed E-state index contributed by atoms with van der Waals surface area (Å²) in [4.78, 5) is 2.57. The molecule has 0 unspecified atom stereocenters. The van der Waals surface area contributed by atoms with E-state index in [1.54, 1.807) is 11.1 Å². The van der Waals surface area contributed by atoms with Crippen LogP contribution in [0, 0.1) is 0 Å². The zero-order valence-electron chi connectivity index (χ0n) is 26.5. The number of fused-ring (bicyclic) bond motifs is 3. The Kier molecular flexibility index (Phi) is 19.0. The lowest BCUT2D eigenvalue weighted by Gasteiger charge is -2.23. The van der Waals surface area contributed by atoms with Crippen LogP contribution < -0.4 is 0 Å². The maximum absolute atomic E-state index is 3.48. The van der Waals surface area contributed by atoms with Crippen LogP contribution in [0.5, 0.6) is 0 Å².